The van der Waals surface area contributed by atoms with Crippen LogP contribution in [0.5, 0.6) is 5.75 Å². The third-order valence-corrected chi connectivity index (χ3v) is 4.79. The first-order chi connectivity index (χ1) is 13.6. The summed E-state index contributed by atoms with van der Waals surface area (Å²) < 4.78 is 12.4. The minimum absolute atomic E-state index is 0.401. The summed E-state index contributed by atoms with van der Waals surface area (Å²) in [6.07, 6.45) is -1.34. The Bertz CT molecular complexity index is 964. The van der Waals surface area contributed by atoms with E-state index in [0.29, 0.717) is 23.5 Å². The van der Waals surface area contributed by atoms with Crippen molar-refractivity contribution in [2.75, 3.05) is 19.0 Å². The van der Waals surface area contributed by atoms with Crippen molar-refractivity contribution >= 4 is 17.0 Å². The molecule has 1 saturated heterocycles. The van der Waals surface area contributed by atoms with Gasteiger partial charge in [0.15, 0.2) is 23.2 Å². The van der Waals surface area contributed by atoms with E-state index in [1.54, 1.807) is 7.11 Å². The molecule has 0 amide bonds. The molecule has 0 bridgehead atoms. The molecular formula is C18H21N5O5. The average molecular weight is 387 g/mol. The van der Waals surface area contributed by atoms with Gasteiger partial charge in [0, 0.05) is 12.1 Å². The summed E-state index contributed by atoms with van der Waals surface area (Å²) in [5.41, 5.74) is 1.89. The zero-order chi connectivity index (χ0) is 19.7. The lowest BCUT2D eigenvalue weighted by molar-refractivity contribution is -0.0511. The summed E-state index contributed by atoms with van der Waals surface area (Å²) >= 11 is 0. The number of para-hydroxylation sites is 1. The zero-order valence-electron chi connectivity index (χ0n) is 15.1. The Kier molecular flexibility index (Phi) is 5.09. The van der Waals surface area contributed by atoms with Crippen LogP contribution in [-0.4, -0.2) is 66.9 Å². The number of nitrogens with one attached hydrogen (secondary N) is 1. The van der Waals surface area contributed by atoms with Crippen LogP contribution in [0.1, 0.15) is 11.8 Å². The van der Waals surface area contributed by atoms with Crippen molar-refractivity contribution < 1.29 is 24.8 Å². The van der Waals surface area contributed by atoms with Crippen molar-refractivity contribution in [1.29, 1.82) is 0 Å². The molecule has 0 spiro atoms. The molecule has 4 N–H and O–H groups in total. The predicted molar refractivity (Wildman–Crippen MR) is 98.7 cm³/mol. The molecule has 3 aromatic rings. The van der Waals surface area contributed by atoms with Gasteiger partial charge in [-0.15, -0.1) is 0 Å². The molecule has 4 rings (SSSR count). The molecule has 1 aromatic carbocycles. The van der Waals surface area contributed by atoms with E-state index in [2.05, 4.69) is 20.3 Å². The van der Waals surface area contributed by atoms with E-state index in [0.717, 1.165) is 11.3 Å². The van der Waals surface area contributed by atoms with E-state index in [1.165, 1.54) is 17.2 Å². The van der Waals surface area contributed by atoms with Crippen LogP contribution in [0.4, 0.5) is 5.82 Å². The van der Waals surface area contributed by atoms with Crippen LogP contribution >= 0.6 is 0 Å². The maximum Gasteiger partial charge on any atom is 0.167 e. The van der Waals surface area contributed by atoms with E-state index in [1.807, 2.05) is 24.3 Å². The number of aliphatic hydroxyl groups excluding tert-OH is 3. The smallest absolute Gasteiger partial charge is 0.167 e. The molecule has 0 radical (unpaired) electrons. The van der Waals surface area contributed by atoms with Gasteiger partial charge >= 0.3 is 0 Å². The number of nitrogens with zero attached hydrogens (tertiary/aromatic N) is 4. The fourth-order valence-corrected chi connectivity index (χ4v) is 3.31. The normalized spacial score (nSPS) is 24.6. The third kappa shape index (κ3) is 3.16. The Morgan fingerprint density at radius 2 is 2.00 bits per heavy atom. The number of anilines is 1. The molecule has 1 aliphatic heterocycles. The van der Waals surface area contributed by atoms with Crippen molar-refractivity contribution in [3.63, 3.8) is 0 Å². The molecule has 1 unspecified atom stereocenters. The summed E-state index contributed by atoms with van der Waals surface area (Å²) in [4.78, 5) is 12.8. The first-order valence-electron chi connectivity index (χ1n) is 8.79. The molecule has 28 heavy (non-hydrogen) atoms. The van der Waals surface area contributed by atoms with Crippen LogP contribution in [0.2, 0.25) is 0 Å². The number of hydrogen-bond acceptors (Lipinski definition) is 9. The molecule has 0 saturated carbocycles. The minimum Gasteiger partial charge on any atom is -0.496 e. The zero-order valence-corrected chi connectivity index (χ0v) is 15.1. The number of hydrogen-bond donors (Lipinski definition) is 4. The van der Waals surface area contributed by atoms with Crippen molar-refractivity contribution in [1.82, 2.24) is 19.5 Å². The van der Waals surface area contributed by atoms with Crippen LogP contribution in [-0.2, 0) is 11.3 Å². The first kappa shape index (κ1) is 18.6. The summed E-state index contributed by atoms with van der Waals surface area (Å²) in [6.45, 7) is 0.0683. The van der Waals surface area contributed by atoms with E-state index in [9.17, 15) is 15.3 Å². The van der Waals surface area contributed by atoms with Gasteiger partial charge in [-0.05, 0) is 6.07 Å². The second-order valence-corrected chi connectivity index (χ2v) is 6.44. The number of aromatic nitrogens is 4. The van der Waals surface area contributed by atoms with Crippen LogP contribution in [0, 0.1) is 0 Å². The summed E-state index contributed by atoms with van der Waals surface area (Å²) in [7, 11) is 1.62. The van der Waals surface area contributed by atoms with Gasteiger partial charge in [-0.25, -0.2) is 15.0 Å². The average Bonchev–Trinajstić information content (AvgIpc) is 3.28. The van der Waals surface area contributed by atoms with Crippen molar-refractivity contribution in [3.05, 3.63) is 42.5 Å². The van der Waals surface area contributed by atoms with Crippen LogP contribution in [0.3, 0.4) is 0 Å². The van der Waals surface area contributed by atoms with Crippen LogP contribution in [0.15, 0.2) is 36.9 Å². The van der Waals surface area contributed by atoms with Crippen molar-refractivity contribution in [2.24, 2.45) is 0 Å². The summed E-state index contributed by atoms with van der Waals surface area (Å²) in [6, 6.07) is 7.64. The van der Waals surface area contributed by atoms with Crippen LogP contribution < -0.4 is 10.1 Å². The third-order valence-electron chi connectivity index (χ3n) is 4.79. The number of ether oxygens (including phenoxy) is 2. The maximum absolute atomic E-state index is 10.3. The molecule has 2 aromatic heterocycles. The summed E-state index contributed by atoms with van der Waals surface area (Å²) in [5.74, 6) is 1.28. The van der Waals surface area contributed by atoms with Crippen molar-refractivity contribution in [2.45, 2.75) is 31.1 Å². The number of benzene rings is 1. The van der Waals surface area contributed by atoms with Gasteiger partial charge in [0.2, 0.25) is 0 Å². The Labute approximate surface area is 160 Å². The van der Waals surface area contributed by atoms with Gasteiger partial charge in [0.1, 0.15) is 30.4 Å². The second-order valence-electron chi connectivity index (χ2n) is 6.44. The largest absolute Gasteiger partial charge is 0.496 e. The highest BCUT2D eigenvalue weighted by Gasteiger charge is 2.44. The van der Waals surface area contributed by atoms with Gasteiger partial charge in [-0.2, -0.15) is 0 Å². The molecule has 10 nitrogen and oxygen atoms in total. The standard InChI is InChI=1S/C18H21N5O5/c1-27-11-5-3-2-4-10(11)6-19-16-13-17(21-8-20-16)23(9-22-13)18-15(26)14(25)12(7-24)28-18/h2-5,8-9,12,14-15,18,24-26H,6-7H2,1H3,(H,19,20,21)/t12-,14-,15+,18?/m1/s1. The Morgan fingerprint density at radius 1 is 1.18 bits per heavy atom. The highest BCUT2D eigenvalue weighted by molar-refractivity contribution is 5.82. The number of methoxy groups -OCH3 is 1. The van der Waals surface area contributed by atoms with E-state index >= 15 is 0 Å². The van der Waals surface area contributed by atoms with E-state index < -0.39 is 31.1 Å². The van der Waals surface area contributed by atoms with Gasteiger partial charge in [0.05, 0.1) is 20.0 Å². The number of fused-ring (bicyclic) bond motifs is 1. The minimum atomic E-state index is -1.21. The lowest BCUT2D eigenvalue weighted by Gasteiger charge is -2.16. The molecule has 1 fully saturated rings. The molecule has 10 heteroatoms. The fraction of sp³-hybridized carbons (Fsp3) is 0.389. The monoisotopic (exact) mass is 387 g/mol. The lowest BCUT2D eigenvalue weighted by Crippen LogP contribution is -2.33. The molecular weight excluding hydrogens is 366 g/mol. The first-order valence-corrected chi connectivity index (χ1v) is 8.79. The summed E-state index contributed by atoms with van der Waals surface area (Å²) in [5, 5.41) is 32.8. The quantitative estimate of drug-likeness (QED) is 0.463. The Balaban J connectivity index is 1.61. The number of rotatable bonds is 6. The second kappa shape index (κ2) is 7.68. The van der Waals surface area contributed by atoms with Crippen LogP contribution in [0.25, 0.3) is 11.2 Å². The molecule has 1 aliphatic rings. The SMILES string of the molecule is COc1ccccc1CNc1ncnc2c1ncn2C1O[C@H](CO)[C@@H](O)[C@@H]1O. The molecule has 0 aliphatic carbocycles. The highest BCUT2D eigenvalue weighted by Crippen LogP contribution is 2.32. The van der Waals surface area contributed by atoms with Crippen molar-refractivity contribution in [3.8, 4) is 5.75 Å². The fourth-order valence-electron chi connectivity index (χ4n) is 3.31. The maximum atomic E-state index is 10.3. The molecule has 3 heterocycles. The Hall–Kier alpha value is -2.79. The topological polar surface area (TPSA) is 135 Å². The molecule has 148 valence electrons. The number of imidazole rings is 1. The number of aliphatic hydroxyl groups is 3. The molecule has 4 atom stereocenters. The van der Waals surface area contributed by atoms with E-state index in [-0.39, 0.29) is 0 Å². The lowest BCUT2D eigenvalue weighted by atomic mass is 10.1. The van der Waals surface area contributed by atoms with Gasteiger partial charge in [-0.3, -0.25) is 4.57 Å². The highest BCUT2D eigenvalue weighted by atomic mass is 16.6. The Morgan fingerprint density at radius 3 is 2.75 bits per heavy atom. The van der Waals surface area contributed by atoms with Gasteiger partial charge < -0.3 is 30.1 Å². The van der Waals surface area contributed by atoms with E-state index in [4.69, 9.17) is 9.47 Å². The van der Waals surface area contributed by atoms with Gasteiger partial charge in [-0.1, -0.05) is 18.2 Å². The predicted octanol–water partition coefficient (Wildman–Crippen LogP) is 0.0585. The van der Waals surface area contributed by atoms with Gasteiger partial charge in [0.25, 0.3) is 0 Å².